The van der Waals surface area contributed by atoms with Crippen LogP contribution in [0.4, 0.5) is 0 Å². The number of hydrogen-bond donors (Lipinski definition) is 0. The molecular formula is C24H20O4S. The summed E-state index contributed by atoms with van der Waals surface area (Å²) in [6.45, 7) is 0. The van der Waals surface area contributed by atoms with Crippen LogP contribution >= 0.6 is 11.2 Å². The van der Waals surface area contributed by atoms with E-state index in [1.54, 1.807) is 0 Å². The fourth-order valence-corrected chi connectivity index (χ4v) is 4.07. The molecule has 146 valence electrons. The summed E-state index contributed by atoms with van der Waals surface area (Å²) >= 11 is -3.01. The SMILES string of the molecule is c1ccc(OS(Oc2ccccc2)(Oc2ccccc2)Oc2ccccc2)cc1. The van der Waals surface area contributed by atoms with Gasteiger partial charge in [0, 0.05) is 0 Å². The lowest BCUT2D eigenvalue weighted by Gasteiger charge is -2.35. The lowest BCUT2D eigenvalue weighted by molar-refractivity contribution is 0.309. The third kappa shape index (κ3) is 5.24. The van der Waals surface area contributed by atoms with Crippen molar-refractivity contribution in [1.29, 1.82) is 0 Å². The summed E-state index contributed by atoms with van der Waals surface area (Å²) in [6, 6.07) is 37.4. The minimum absolute atomic E-state index is 0.574. The Morgan fingerprint density at radius 1 is 0.310 bits per heavy atom. The highest BCUT2D eigenvalue weighted by Crippen LogP contribution is 2.52. The second-order valence-corrected chi connectivity index (χ2v) is 7.48. The Morgan fingerprint density at radius 3 is 0.724 bits per heavy atom. The number of hydrogen-bond acceptors (Lipinski definition) is 4. The first-order chi connectivity index (χ1) is 14.3. The minimum atomic E-state index is -3.01. The summed E-state index contributed by atoms with van der Waals surface area (Å²) in [5.74, 6) is 2.30. The molecule has 0 N–H and O–H groups in total. The molecule has 0 heterocycles. The Kier molecular flexibility index (Phi) is 5.88. The van der Waals surface area contributed by atoms with E-state index >= 15 is 0 Å². The van der Waals surface area contributed by atoms with Crippen molar-refractivity contribution in [2.24, 2.45) is 0 Å². The fraction of sp³-hybridized carbons (Fsp3) is 0. The highest BCUT2D eigenvalue weighted by molar-refractivity contribution is 8.18. The molecule has 0 unspecified atom stereocenters. The Balaban J connectivity index is 1.75. The van der Waals surface area contributed by atoms with Crippen molar-refractivity contribution in [3.63, 3.8) is 0 Å². The van der Waals surface area contributed by atoms with Crippen LogP contribution in [0.2, 0.25) is 0 Å². The van der Waals surface area contributed by atoms with Gasteiger partial charge in [0.1, 0.15) is 23.0 Å². The van der Waals surface area contributed by atoms with Crippen molar-refractivity contribution in [3.8, 4) is 23.0 Å². The number of benzene rings is 4. The van der Waals surface area contributed by atoms with Crippen LogP contribution in [0.15, 0.2) is 121 Å². The van der Waals surface area contributed by atoms with E-state index < -0.39 is 11.2 Å². The molecule has 0 amide bonds. The molecule has 4 aromatic rings. The average Bonchev–Trinajstić information content (AvgIpc) is 2.76. The van der Waals surface area contributed by atoms with Crippen molar-refractivity contribution in [2.45, 2.75) is 0 Å². The maximum atomic E-state index is 6.23. The molecular weight excluding hydrogens is 384 g/mol. The van der Waals surface area contributed by atoms with Crippen LogP contribution in [-0.2, 0) is 0 Å². The summed E-state index contributed by atoms with van der Waals surface area (Å²) < 4.78 is 24.9. The second-order valence-electron chi connectivity index (χ2n) is 5.99. The van der Waals surface area contributed by atoms with Crippen LogP contribution in [-0.4, -0.2) is 0 Å². The van der Waals surface area contributed by atoms with E-state index in [4.69, 9.17) is 16.7 Å². The molecule has 0 aromatic heterocycles. The summed E-state index contributed by atoms with van der Waals surface area (Å²) in [4.78, 5) is 0. The van der Waals surface area contributed by atoms with Crippen molar-refractivity contribution in [3.05, 3.63) is 121 Å². The van der Waals surface area contributed by atoms with Gasteiger partial charge in [-0.2, -0.15) is 0 Å². The molecule has 0 aliphatic carbocycles. The number of para-hydroxylation sites is 4. The van der Waals surface area contributed by atoms with Crippen molar-refractivity contribution in [1.82, 2.24) is 0 Å². The van der Waals surface area contributed by atoms with E-state index in [0.29, 0.717) is 23.0 Å². The first-order valence-electron chi connectivity index (χ1n) is 9.13. The van der Waals surface area contributed by atoms with Gasteiger partial charge in [0.15, 0.2) is 0 Å². The largest absolute Gasteiger partial charge is 0.429 e. The topological polar surface area (TPSA) is 36.9 Å². The minimum Gasteiger partial charge on any atom is -0.357 e. The maximum absolute atomic E-state index is 6.23. The van der Waals surface area contributed by atoms with Crippen LogP contribution < -0.4 is 16.7 Å². The molecule has 4 aromatic carbocycles. The van der Waals surface area contributed by atoms with Gasteiger partial charge in [-0.1, -0.05) is 72.8 Å². The highest BCUT2D eigenvalue weighted by Gasteiger charge is 2.37. The summed E-state index contributed by atoms with van der Waals surface area (Å²) in [6.07, 6.45) is 0. The quantitative estimate of drug-likeness (QED) is 0.325. The van der Waals surface area contributed by atoms with E-state index in [1.165, 1.54) is 0 Å². The standard InChI is InChI=1S/C24H20O4S/c1-5-13-21(14-6-1)25-29(26-22-15-7-2-8-16-22,27-23-17-9-3-10-18-23)28-24-19-11-4-12-20-24/h1-20H. The summed E-state index contributed by atoms with van der Waals surface area (Å²) in [7, 11) is 0. The van der Waals surface area contributed by atoms with Crippen LogP contribution in [0.1, 0.15) is 0 Å². The zero-order valence-electron chi connectivity index (χ0n) is 15.6. The first-order valence-corrected chi connectivity index (χ1v) is 10.5. The zero-order valence-corrected chi connectivity index (χ0v) is 16.4. The molecule has 5 heteroatoms. The van der Waals surface area contributed by atoms with Crippen LogP contribution in [0.5, 0.6) is 23.0 Å². The van der Waals surface area contributed by atoms with Gasteiger partial charge in [0.25, 0.3) is 0 Å². The third-order valence-electron chi connectivity index (χ3n) is 3.77. The molecule has 0 radical (unpaired) electrons. The molecule has 0 saturated carbocycles. The van der Waals surface area contributed by atoms with E-state index in [-0.39, 0.29) is 0 Å². The summed E-state index contributed by atoms with van der Waals surface area (Å²) in [5.41, 5.74) is 0. The molecule has 0 aliphatic heterocycles. The van der Waals surface area contributed by atoms with Gasteiger partial charge in [-0.3, -0.25) is 0 Å². The molecule has 0 bridgehead atoms. The zero-order chi connectivity index (χ0) is 19.8. The molecule has 0 saturated heterocycles. The van der Waals surface area contributed by atoms with Gasteiger partial charge in [0.05, 0.1) is 0 Å². The molecule has 4 rings (SSSR count). The smallest absolute Gasteiger partial charge is 0.357 e. The van der Waals surface area contributed by atoms with E-state index in [1.807, 2.05) is 121 Å². The van der Waals surface area contributed by atoms with Gasteiger partial charge in [0.2, 0.25) is 0 Å². The van der Waals surface area contributed by atoms with Crippen LogP contribution in [0.25, 0.3) is 0 Å². The lowest BCUT2D eigenvalue weighted by Crippen LogP contribution is -2.26. The van der Waals surface area contributed by atoms with E-state index in [2.05, 4.69) is 0 Å². The second kappa shape index (κ2) is 9.08. The van der Waals surface area contributed by atoms with Gasteiger partial charge in [-0.25, -0.2) is 0 Å². The Labute approximate surface area is 172 Å². The molecule has 4 nitrogen and oxygen atoms in total. The Hall–Kier alpha value is -3.57. The predicted molar refractivity (Wildman–Crippen MR) is 116 cm³/mol. The lowest BCUT2D eigenvalue weighted by atomic mass is 10.3. The summed E-state index contributed by atoms with van der Waals surface area (Å²) in [5, 5.41) is 0. The Bertz CT molecular complexity index is 824. The monoisotopic (exact) mass is 404 g/mol. The van der Waals surface area contributed by atoms with Gasteiger partial charge in [-0.05, 0) is 48.5 Å². The molecule has 0 aliphatic rings. The molecule has 0 spiro atoms. The van der Waals surface area contributed by atoms with Crippen LogP contribution in [0, 0.1) is 0 Å². The van der Waals surface area contributed by atoms with Crippen molar-refractivity contribution < 1.29 is 16.7 Å². The van der Waals surface area contributed by atoms with E-state index in [0.717, 1.165) is 0 Å². The van der Waals surface area contributed by atoms with Gasteiger partial charge >= 0.3 is 11.2 Å². The highest BCUT2D eigenvalue weighted by atomic mass is 32.3. The molecule has 29 heavy (non-hydrogen) atoms. The Morgan fingerprint density at radius 2 is 0.517 bits per heavy atom. The van der Waals surface area contributed by atoms with E-state index in [9.17, 15) is 0 Å². The number of rotatable bonds is 8. The predicted octanol–water partition coefficient (Wildman–Crippen LogP) is 6.77. The molecule has 0 atom stereocenters. The average molecular weight is 404 g/mol. The van der Waals surface area contributed by atoms with Crippen molar-refractivity contribution >= 4 is 11.2 Å². The van der Waals surface area contributed by atoms with Gasteiger partial charge in [-0.15, -0.1) is 0 Å². The fourth-order valence-electron chi connectivity index (χ4n) is 2.48. The first kappa shape index (κ1) is 18.8. The maximum Gasteiger partial charge on any atom is 0.429 e. The van der Waals surface area contributed by atoms with Crippen molar-refractivity contribution in [2.75, 3.05) is 0 Å². The third-order valence-corrected chi connectivity index (χ3v) is 5.35. The molecule has 0 fully saturated rings. The normalized spacial score (nSPS) is 11.3. The van der Waals surface area contributed by atoms with Crippen LogP contribution in [0.3, 0.4) is 0 Å². The van der Waals surface area contributed by atoms with Gasteiger partial charge < -0.3 is 16.7 Å².